The third-order valence-electron chi connectivity index (χ3n) is 3.41. The maximum absolute atomic E-state index is 11.9. The molecule has 1 saturated carbocycles. The monoisotopic (exact) mass is 268 g/mol. The van der Waals surface area contributed by atoms with E-state index in [1.165, 1.54) is 11.5 Å². The van der Waals surface area contributed by atoms with Crippen molar-refractivity contribution in [1.82, 2.24) is 9.69 Å². The van der Waals surface area contributed by atoms with E-state index in [0.717, 1.165) is 18.5 Å². The van der Waals surface area contributed by atoms with E-state index >= 15 is 0 Å². The summed E-state index contributed by atoms with van der Waals surface area (Å²) in [6, 6.07) is 0.0902. The van der Waals surface area contributed by atoms with Crippen LogP contribution in [-0.4, -0.2) is 27.4 Å². The smallest absolute Gasteiger partial charge is 0.306 e. The number of carbonyl (C=O) groups is 2. The van der Waals surface area contributed by atoms with Gasteiger partial charge in [-0.2, -0.15) is 4.37 Å². The molecule has 1 aliphatic carbocycles. The van der Waals surface area contributed by atoms with Crippen molar-refractivity contribution < 1.29 is 14.7 Å². The van der Waals surface area contributed by atoms with Gasteiger partial charge in [0.2, 0.25) is 0 Å². The molecule has 1 aliphatic rings. The van der Waals surface area contributed by atoms with Gasteiger partial charge in [-0.25, -0.2) is 0 Å². The zero-order valence-corrected chi connectivity index (χ0v) is 11.0. The Hall–Kier alpha value is -1.43. The Balaban J connectivity index is 1.87. The van der Waals surface area contributed by atoms with E-state index in [9.17, 15) is 9.59 Å². The number of aliphatic carboxylic acids is 1. The zero-order valence-electron chi connectivity index (χ0n) is 10.2. The second kappa shape index (κ2) is 5.48. The number of aromatic nitrogens is 1. The fourth-order valence-corrected chi connectivity index (χ4v) is 2.95. The van der Waals surface area contributed by atoms with Gasteiger partial charge in [-0.15, -0.1) is 0 Å². The van der Waals surface area contributed by atoms with Gasteiger partial charge < -0.3 is 10.4 Å². The van der Waals surface area contributed by atoms with Crippen molar-refractivity contribution in [2.24, 2.45) is 5.92 Å². The van der Waals surface area contributed by atoms with Gasteiger partial charge in [-0.1, -0.05) is 0 Å². The van der Waals surface area contributed by atoms with Crippen molar-refractivity contribution in [1.29, 1.82) is 0 Å². The molecule has 2 rings (SSSR count). The van der Waals surface area contributed by atoms with Crippen molar-refractivity contribution in [3.8, 4) is 0 Å². The van der Waals surface area contributed by atoms with Crippen molar-refractivity contribution in [3.63, 3.8) is 0 Å². The number of hydrogen-bond acceptors (Lipinski definition) is 4. The molecule has 1 fully saturated rings. The molecule has 1 heterocycles. The Labute approximate surface area is 109 Å². The number of carboxylic acids is 1. The van der Waals surface area contributed by atoms with Gasteiger partial charge in [-0.05, 0) is 44.1 Å². The summed E-state index contributed by atoms with van der Waals surface area (Å²) in [6.45, 7) is 1.81. The predicted molar refractivity (Wildman–Crippen MR) is 67.7 cm³/mol. The van der Waals surface area contributed by atoms with Crippen LogP contribution in [0.5, 0.6) is 0 Å². The lowest BCUT2D eigenvalue weighted by molar-refractivity contribution is -0.142. The lowest BCUT2D eigenvalue weighted by Crippen LogP contribution is -2.38. The van der Waals surface area contributed by atoms with Crippen LogP contribution in [0, 0.1) is 12.8 Å². The minimum Gasteiger partial charge on any atom is -0.481 e. The van der Waals surface area contributed by atoms with E-state index in [-0.39, 0.29) is 17.9 Å². The van der Waals surface area contributed by atoms with Gasteiger partial charge in [0.1, 0.15) is 0 Å². The molecule has 0 bridgehead atoms. The molecule has 0 atom stereocenters. The van der Waals surface area contributed by atoms with Gasteiger partial charge in [0.05, 0.1) is 17.2 Å². The minimum atomic E-state index is -0.724. The summed E-state index contributed by atoms with van der Waals surface area (Å²) in [6.07, 6.45) is 2.75. The van der Waals surface area contributed by atoms with Crippen LogP contribution in [0.4, 0.5) is 0 Å². The Morgan fingerprint density at radius 2 is 2.06 bits per heavy atom. The number of hydrogen-bond donors (Lipinski definition) is 2. The number of amides is 1. The van der Waals surface area contributed by atoms with Crippen LogP contribution in [0.15, 0.2) is 5.38 Å². The fourth-order valence-electron chi connectivity index (χ4n) is 2.26. The van der Waals surface area contributed by atoms with E-state index in [1.54, 1.807) is 5.38 Å². The molecule has 98 valence electrons. The number of carbonyl (C=O) groups excluding carboxylic acids is 1. The average Bonchev–Trinajstić information content (AvgIpc) is 2.76. The highest BCUT2D eigenvalue weighted by Gasteiger charge is 2.27. The van der Waals surface area contributed by atoms with Crippen LogP contribution < -0.4 is 5.32 Å². The largest absolute Gasteiger partial charge is 0.481 e. The molecule has 0 radical (unpaired) electrons. The Bertz CT molecular complexity index is 450. The molecular weight excluding hydrogens is 252 g/mol. The number of nitrogens with zero attached hydrogens (tertiary/aromatic N) is 1. The first kappa shape index (κ1) is 13.0. The van der Waals surface area contributed by atoms with E-state index in [1.807, 2.05) is 6.92 Å². The number of nitrogens with one attached hydrogen (secondary N) is 1. The highest BCUT2D eigenvalue weighted by Crippen LogP contribution is 2.24. The number of carboxylic acid groups (broad SMARTS) is 1. The van der Waals surface area contributed by atoms with Crippen LogP contribution >= 0.6 is 11.5 Å². The van der Waals surface area contributed by atoms with E-state index in [0.29, 0.717) is 18.4 Å². The highest BCUT2D eigenvalue weighted by molar-refractivity contribution is 7.03. The maximum Gasteiger partial charge on any atom is 0.306 e. The summed E-state index contributed by atoms with van der Waals surface area (Å²) in [5, 5.41) is 13.6. The predicted octanol–water partition coefficient (Wildman–Crippen LogP) is 1.82. The third-order valence-corrected chi connectivity index (χ3v) is 4.13. The first-order valence-electron chi connectivity index (χ1n) is 6.02. The molecule has 0 aromatic carbocycles. The lowest BCUT2D eigenvalue weighted by Gasteiger charge is -2.26. The number of rotatable bonds is 3. The first-order chi connectivity index (χ1) is 8.58. The van der Waals surface area contributed by atoms with Crippen LogP contribution in [-0.2, 0) is 4.79 Å². The molecule has 1 aromatic rings. The molecule has 0 spiro atoms. The quantitative estimate of drug-likeness (QED) is 0.876. The van der Waals surface area contributed by atoms with Crippen molar-refractivity contribution in [2.75, 3.05) is 0 Å². The van der Waals surface area contributed by atoms with Gasteiger partial charge in [0, 0.05) is 11.4 Å². The Morgan fingerprint density at radius 1 is 1.39 bits per heavy atom. The van der Waals surface area contributed by atoms with Crippen LogP contribution in [0.2, 0.25) is 0 Å². The van der Waals surface area contributed by atoms with Gasteiger partial charge in [-0.3, -0.25) is 9.59 Å². The molecule has 0 saturated heterocycles. The van der Waals surface area contributed by atoms with E-state index < -0.39 is 5.97 Å². The Morgan fingerprint density at radius 3 is 2.56 bits per heavy atom. The molecule has 2 N–H and O–H groups in total. The standard InChI is InChI=1S/C12H16N2O3S/c1-7-10(6-18-14-7)11(15)13-9-4-2-8(3-5-9)12(16)17/h6,8-9H,2-5H2,1H3,(H,13,15)(H,16,17). The van der Waals surface area contributed by atoms with Gasteiger partial charge in [0.15, 0.2) is 0 Å². The van der Waals surface area contributed by atoms with Gasteiger partial charge >= 0.3 is 5.97 Å². The summed E-state index contributed by atoms with van der Waals surface area (Å²) in [7, 11) is 0. The van der Waals surface area contributed by atoms with E-state index in [4.69, 9.17) is 5.11 Å². The molecule has 1 amide bonds. The average molecular weight is 268 g/mol. The molecule has 6 heteroatoms. The van der Waals surface area contributed by atoms with Crippen LogP contribution in [0.1, 0.15) is 41.7 Å². The summed E-state index contributed by atoms with van der Waals surface area (Å²) in [5.74, 6) is -1.07. The number of aryl methyl sites for hydroxylation is 1. The third kappa shape index (κ3) is 2.87. The Kier molecular flexibility index (Phi) is 3.96. The van der Waals surface area contributed by atoms with Crippen molar-refractivity contribution in [2.45, 2.75) is 38.6 Å². The van der Waals surface area contributed by atoms with Crippen molar-refractivity contribution in [3.05, 3.63) is 16.6 Å². The SMILES string of the molecule is Cc1nscc1C(=O)NC1CCC(C(=O)O)CC1. The highest BCUT2D eigenvalue weighted by atomic mass is 32.1. The maximum atomic E-state index is 11.9. The second-order valence-electron chi connectivity index (χ2n) is 4.67. The second-order valence-corrected chi connectivity index (χ2v) is 5.30. The topological polar surface area (TPSA) is 79.3 Å². The summed E-state index contributed by atoms with van der Waals surface area (Å²) in [5.41, 5.74) is 1.37. The zero-order chi connectivity index (χ0) is 13.1. The molecule has 5 nitrogen and oxygen atoms in total. The molecule has 18 heavy (non-hydrogen) atoms. The molecular formula is C12H16N2O3S. The van der Waals surface area contributed by atoms with E-state index in [2.05, 4.69) is 9.69 Å². The first-order valence-corrected chi connectivity index (χ1v) is 6.86. The summed E-state index contributed by atoms with van der Waals surface area (Å²) in [4.78, 5) is 22.8. The van der Waals surface area contributed by atoms with Crippen LogP contribution in [0.25, 0.3) is 0 Å². The van der Waals surface area contributed by atoms with Crippen LogP contribution in [0.3, 0.4) is 0 Å². The molecule has 0 aliphatic heterocycles. The summed E-state index contributed by atoms with van der Waals surface area (Å²) < 4.78 is 4.07. The summed E-state index contributed by atoms with van der Waals surface area (Å²) >= 11 is 1.27. The molecule has 0 unspecified atom stereocenters. The lowest BCUT2D eigenvalue weighted by atomic mass is 9.86. The fraction of sp³-hybridized carbons (Fsp3) is 0.583. The normalized spacial score (nSPS) is 23.6. The van der Waals surface area contributed by atoms with Gasteiger partial charge in [0.25, 0.3) is 5.91 Å². The minimum absolute atomic E-state index is 0.0902. The van der Waals surface area contributed by atoms with Crippen molar-refractivity contribution >= 4 is 23.4 Å². The molecule has 1 aromatic heterocycles.